The molecule has 0 aromatic heterocycles. The highest BCUT2D eigenvalue weighted by Gasteiger charge is 2.15. The number of carbonyl (C=O) groups excluding carboxylic acids is 1. The maximum absolute atomic E-state index is 11.7. The minimum absolute atomic E-state index is 0.221. The van der Waals surface area contributed by atoms with Gasteiger partial charge in [0, 0.05) is 42.1 Å². The summed E-state index contributed by atoms with van der Waals surface area (Å²) in [6.45, 7) is 7.12. The van der Waals surface area contributed by atoms with E-state index in [1.54, 1.807) is 0 Å². The molecule has 0 saturated carbocycles. The maximum atomic E-state index is 11.7. The van der Waals surface area contributed by atoms with E-state index in [9.17, 15) is 4.79 Å². The molecule has 1 rings (SSSR count). The number of hydrogen-bond acceptors (Lipinski definition) is 4. The summed E-state index contributed by atoms with van der Waals surface area (Å²) in [5, 5.41) is 3.96. The maximum Gasteiger partial charge on any atom is 0.236 e. The fourth-order valence-corrected chi connectivity index (χ4v) is 4.33. The Morgan fingerprint density at radius 2 is 2.12 bits per heavy atom. The van der Waals surface area contributed by atoms with Gasteiger partial charge in [0.1, 0.15) is 0 Å². The molecular formula is C11H22N2OS2. The topological polar surface area (TPSA) is 32.3 Å². The minimum Gasteiger partial charge on any atom is -0.342 e. The van der Waals surface area contributed by atoms with Gasteiger partial charge in [0.15, 0.2) is 0 Å². The Morgan fingerprint density at radius 1 is 1.38 bits per heavy atom. The summed E-state index contributed by atoms with van der Waals surface area (Å²) < 4.78 is 0. The molecule has 1 saturated heterocycles. The highest BCUT2D eigenvalue weighted by atomic mass is 32.2. The molecule has 94 valence electrons. The fourth-order valence-electron chi connectivity index (χ4n) is 1.68. The number of amides is 1. The number of thioether (sulfide) groups is 2. The van der Waals surface area contributed by atoms with Crippen LogP contribution in [0.2, 0.25) is 0 Å². The molecule has 1 N–H and O–H groups in total. The molecule has 1 aliphatic rings. The third kappa shape index (κ3) is 4.97. The lowest BCUT2D eigenvalue weighted by Gasteiger charge is -2.22. The van der Waals surface area contributed by atoms with E-state index in [4.69, 9.17) is 0 Å². The van der Waals surface area contributed by atoms with Crippen LogP contribution in [0.1, 0.15) is 13.8 Å². The summed E-state index contributed by atoms with van der Waals surface area (Å²) >= 11 is 4.05. The lowest BCUT2D eigenvalue weighted by molar-refractivity contribution is -0.129. The number of nitrogens with one attached hydrogen (secondary N) is 1. The molecule has 1 fully saturated rings. The van der Waals surface area contributed by atoms with Crippen molar-refractivity contribution in [2.75, 3.05) is 43.4 Å². The summed E-state index contributed by atoms with van der Waals surface area (Å²) in [7, 11) is 0. The molecule has 1 atom stereocenters. The Balaban J connectivity index is 2.11. The van der Waals surface area contributed by atoms with Crippen molar-refractivity contribution in [2.24, 2.45) is 0 Å². The molecule has 0 aromatic rings. The van der Waals surface area contributed by atoms with Gasteiger partial charge >= 0.3 is 0 Å². The molecule has 0 spiro atoms. The molecule has 0 aromatic carbocycles. The number of likely N-dealkylation sites (N-methyl/N-ethyl adjacent to an activating group) is 1. The predicted molar refractivity (Wildman–Crippen MR) is 74.4 cm³/mol. The largest absolute Gasteiger partial charge is 0.342 e. The van der Waals surface area contributed by atoms with E-state index in [1.807, 2.05) is 42.3 Å². The Bertz CT molecular complexity index is 204. The average Bonchev–Trinajstić information content (AvgIpc) is 2.32. The molecule has 16 heavy (non-hydrogen) atoms. The smallest absolute Gasteiger partial charge is 0.236 e. The molecule has 0 aliphatic carbocycles. The van der Waals surface area contributed by atoms with E-state index in [2.05, 4.69) is 5.32 Å². The van der Waals surface area contributed by atoms with Crippen LogP contribution in [0.15, 0.2) is 0 Å². The average molecular weight is 262 g/mol. The van der Waals surface area contributed by atoms with Gasteiger partial charge in [0.05, 0.1) is 6.54 Å². The van der Waals surface area contributed by atoms with Crippen molar-refractivity contribution in [3.05, 3.63) is 0 Å². The van der Waals surface area contributed by atoms with Crippen molar-refractivity contribution in [3.63, 3.8) is 0 Å². The zero-order valence-corrected chi connectivity index (χ0v) is 11.8. The van der Waals surface area contributed by atoms with Gasteiger partial charge in [0.2, 0.25) is 5.91 Å². The van der Waals surface area contributed by atoms with Crippen molar-refractivity contribution in [1.29, 1.82) is 0 Å². The third-order valence-electron chi connectivity index (χ3n) is 2.65. The quantitative estimate of drug-likeness (QED) is 0.782. The first-order valence-electron chi connectivity index (χ1n) is 5.95. The molecule has 5 heteroatoms. The highest BCUT2D eigenvalue weighted by Crippen LogP contribution is 2.23. The van der Waals surface area contributed by atoms with Crippen molar-refractivity contribution >= 4 is 29.4 Å². The van der Waals surface area contributed by atoms with Crippen LogP contribution in [0.3, 0.4) is 0 Å². The lowest BCUT2D eigenvalue weighted by atomic mass is 10.4. The van der Waals surface area contributed by atoms with E-state index in [1.165, 1.54) is 17.3 Å². The van der Waals surface area contributed by atoms with Gasteiger partial charge in [-0.15, -0.1) is 0 Å². The van der Waals surface area contributed by atoms with E-state index in [0.717, 1.165) is 19.6 Å². The molecule has 0 radical (unpaired) electrons. The highest BCUT2D eigenvalue weighted by molar-refractivity contribution is 8.06. The molecular weight excluding hydrogens is 240 g/mol. The summed E-state index contributed by atoms with van der Waals surface area (Å²) in [6.07, 6.45) is 0. The second-order valence-electron chi connectivity index (χ2n) is 3.76. The Labute approximate surface area is 107 Å². The first-order chi connectivity index (χ1) is 7.77. The predicted octanol–water partition coefficient (Wildman–Crippen LogP) is 1.29. The van der Waals surface area contributed by atoms with Gasteiger partial charge in [0.25, 0.3) is 0 Å². The SMILES string of the molecule is CCN(CC)C(=O)CNCC1CSCCS1. The van der Waals surface area contributed by atoms with Crippen LogP contribution >= 0.6 is 23.5 Å². The third-order valence-corrected chi connectivity index (χ3v) is 5.49. The van der Waals surface area contributed by atoms with Crippen LogP contribution in [0, 0.1) is 0 Å². The summed E-state index contributed by atoms with van der Waals surface area (Å²) in [6, 6.07) is 0. The van der Waals surface area contributed by atoms with Gasteiger partial charge in [-0.1, -0.05) is 0 Å². The summed E-state index contributed by atoms with van der Waals surface area (Å²) in [5.74, 6) is 3.97. The molecule has 0 bridgehead atoms. The first-order valence-corrected chi connectivity index (χ1v) is 8.16. The van der Waals surface area contributed by atoms with E-state index < -0.39 is 0 Å². The van der Waals surface area contributed by atoms with Crippen LogP contribution in [0.4, 0.5) is 0 Å². The van der Waals surface area contributed by atoms with Gasteiger partial charge in [-0.2, -0.15) is 23.5 Å². The number of rotatable bonds is 6. The van der Waals surface area contributed by atoms with Crippen LogP contribution in [0.25, 0.3) is 0 Å². The molecule has 3 nitrogen and oxygen atoms in total. The van der Waals surface area contributed by atoms with Gasteiger partial charge in [-0.3, -0.25) is 4.79 Å². The van der Waals surface area contributed by atoms with Crippen LogP contribution in [0.5, 0.6) is 0 Å². The summed E-state index contributed by atoms with van der Waals surface area (Å²) in [5.41, 5.74) is 0. The van der Waals surface area contributed by atoms with Crippen LogP contribution in [-0.2, 0) is 4.79 Å². The molecule has 1 unspecified atom stereocenters. The second-order valence-corrected chi connectivity index (χ2v) is 6.32. The second kappa shape index (κ2) is 8.25. The Morgan fingerprint density at radius 3 is 2.69 bits per heavy atom. The van der Waals surface area contributed by atoms with E-state index in [0.29, 0.717) is 11.8 Å². The molecule has 1 heterocycles. The van der Waals surface area contributed by atoms with Crippen molar-refractivity contribution in [1.82, 2.24) is 10.2 Å². The zero-order valence-electron chi connectivity index (χ0n) is 10.2. The zero-order chi connectivity index (χ0) is 11.8. The monoisotopic (exact) mass is 262 g/mol. The van der Waals surface area contributed by atoms with Crippen molar-refractivity contribution in [2.45, 2.75) is 19.1 Å². The van der Waals surface area contributed by atoms with E-state index >= 15 is 0 Å². The van der Waals surface area contributed by atoms with Crippen LogP contribution < -0.4 is 5.32 Å². The number of hydrogen-bond donors (Lipinski definition) is 1. The van der Waals surface area contributed by atoms with Crippen molar-refractivity contribution < 1.29 is 4.79 Å². The number of nitrogens with zero attached hydrogens (tertiary/aromatic N) is 1. The lowest BCUT2D eigenvalue weighted by Crippen LogP contribution is -2.40. The first kappa shape index (κ1) is 14.2. The van der Waals surface area contributed by atoms with E-state index in [-0.39, 0.29) is 5.91 Å². The van der Waals surface area contributed by atoms with Gasteiger partial charge in [-0.25, -0.2) is 0 Å². The molecule has 1 amide bonds. The fraction of sp³-hybridized carbons (Fsp3) is 0.909. The van der Waals surface area contributed by atoms with Gasteiger partial charge in [-0.05, 0) is 13.8 Å². The Kier molecular flexibility index (Phi) is 7.32. The van der Waals surface area contributed by atoms with Crippen LogP contribution in [-0.4, -0.2) is 59.5 Å². The minimum atomic E-state index is 0.221. The molecule has 1 aliphatic heterocycles. The number of carbonyl (C=O) groups is 1. The normalized spacial score (nSPS) is 20.8. The van der Waals surface area contributed by atoms with Crippen molar-refractivity contribution in [3.8, 4) is 0 Å². The van der Waals surface area contributed by atoms with Gasteiger partial charge < -0.3 is 10.2 Å². The summed E-state index contributed by atoms with van der Waals surface area (Å²) in [4.78, 5) is 13.6. The Hall–Kier alpha value is 0.130. The standard InChI is InChI=1S/C11H22N2OS2/c1-3-13(4-2)11(14)8-12-7-10-9-15-5-6-16-10/h10,12H,3-9H2,1-2H3.